The summed E-state index contributed by atoms with van der Waals surface area (Å²) in [6.07, 6.45) is 3.72. The van der Waals surface area contributed by atoms with Gasteiger partial charge in [0.1, 0.15) is 6.10 Å². The van der Waals surface area contributed by atoms with Gasteiger partial charge in [-0.2, -0.15) is 42.0 Å². The molecule has 1 aliphatic rings. The molecule has 0 saturated carbocycles. The molecule has 0 amide bonds. The van der Waals surface area contributed by atoms with E-state index in [-0.39, 0.29) is 49.0 Å². The van der Waals surface area contributed by atoms with Crippen LogP contribution in [0, 0.1) is 19.5 Å². The SMILES string of the molecule is [2H]c1nc(C(=[CH-])C2Oc3nc(C([2H])([2H])[2H])ccc3C2C=C)c([2H])c([2H])c1[2H].[Ir].[c-]1ccccc1.c1ccncc1. The first kappa shape index (κ1) is 17.1. The summed E-state index contributed by atoms with van der Waals surface area (Å²) in [5.41, 5.74) is 0.330. The molecule has 4 aromatic rings. The normalized spacial score (nSPS) is 18.5. The predicted octanol–water partition coefficient (Wildman–Crippen LogP) is 5.90. The molecule has 1 aliphatic heterocycles. The Morgan fingerprint density at radius 3 is 2.45 bits per heavy atom. The van der Waals surface area contributed by atoms with Crippen LogP contribution in [0.3, 0.4) is 0 Å². The van der Waals surface area contributed by atoms with Crippen molar-refractivity contribution in [1.29, 1.82) is 0 Å². The van der Waals surface area contributed by atoms with Gasteiger partial charge in [-0.05, 0) is 31.1 Å². The molecule has 4 heterocycles. The fraction of sp³-hybridized carbons (Fsp3) is 0.107. The van der Waals surface area contributed by atoms with Crippen molar-refractivity contribution in [1.82, 2.24) is 15.0 Å². The van der Waals surface area contributed by atoms with Gasteiger partial charge in [0.05, 0.1) is 4.11 Å². The summed E-state index contributed by atoms with van der Waals surface area (Å²) >= 11 is 0. The number of fused-ring (bicyclic) bond motifs is 1. The molecule has 4 nitrogen and oxygen atoms in total. The second-order valence-corrected chi connectivity index (χ2v) is 6.40. The summed E-state index contributed by atoms with van der Waals surface area (Å²) in [6, 6.07) is 19.9. The average Bonchev–Trinajstić information content (AvgIpc) is 3.33. The van der Waals surface area contributed by atoms with Crippen LogP contribution in [-0.4, -0.2) is 21.1 Å². The maximum Gasteiger partial charge on any atom is 0.218 e. The molecule has 0 fully saturated rings. The number of hydrogen-bond acceptors (Lipinski definition) is 4. The average molecular weight is 619 g/mol. The summed E-state index contributed by atoms with van der Waals surface area (Å²) < 4.78 is 59.2. The quantitative estimate of drug-likeness (QED) is 0.212. The molecular formula is C28H25IrN3O-2. The maximum absolute atomic E-state index is 8.00. The van der Waals surface area contributed by atoms with Crippen molar-refractivity contribution in [3.63, 3.8) is 0 Å². The molecule has 169 valence electrons. The van der Waals surface area contributed by atoms with Crippen LogP contribution in [0.2, 0.25) is 0 Å². The van der Waals surface area contributed by atoms with Crippen LogP contribution >= 0.6 is 0 Å². The van der Waals surface area contributed by atoms with Gasteiger partial charge in [0.2, 0.25) is 5.88 Å². The molecule has 5 heteroatoms. The fourth-order valence-corrected chi connectivity index (χ4v) is 2.82. The van der Waals surface area contributed by atoms with Crippen LogP contribution in [0.25, 0.3) is 5.57 Å². The van der Waals surface area contributed by atoms with E-state index in [4.69, 9.17) is 20.9 Å². The molecular weight excluding hydrogens is 587 g/mol. The number of rotatable bonds is 3. The number of benzene rings is 1. The molecule has 2 atom stereocenters. The summed E-state index contributed by atoms with van der Waals surface area (Å²) in [6.45, 7) is 7.51. The van der Waals surface area contributed by atoms with Gasteiger partial charge in [0.15, 0.2) is 0 Å². The van der Waals surface area contributed by atoms with Gasteiger partial charge in [0, 0.05) is 61.3 Å². The zero-order chi connectivity index (χ0) is 28.6. The largest absolute Gasteiger partial charge is 0.471 e. The zero-order valence-electron chi connectivity index (χ0n) is 24.5. The number of pyridine rings is 3. The number of nitrogens with zero attached hydrogens (tertiary/aromatic N) is 3. The molecule has 3 aromatic heterocycles. The molecule has 0 bridgehead atoms. The van der Waals surface area contributed by atoms with Crippen molar-refractivity contribution in [2.24, 2.45) is 0 Å². The first-order valence-electron chi connectivity index (χ1n) is 13.2. The van der Waals surface area contributed by atoms with Gasteiger partial charge in [-0.3, -0.25) is 11.6 Å². The minimum atomic E-state index is -2.39. The second-order valence-electron chi connectivity index (χ2n) is 6.40. The maximum atomic E-state index is 8.00. The fourth-order valence-electron chi connectivity index (χ4n) is 2.82. The molecule has 0 saturated heterocycles. The van der Waals surface area contributed by atoms with Crippen LogP contribution < -0.4 is 4.74 Å². The Bertz CT molecular complexity index is 1340. The summed E-state index contributed by atoms with van der Waals surface area (Å²) in [7, 11) is 0. The van der Waals surface area contributed by atoms with Crippen molar-refractivity contribution < 1.29 is 34.4 Å². The third kappa shape index (κ3) is 7.60. The molecule has 5 rings (SSSR count). The standard InChI is InChI=1S/C17H15N2O.C6H5.C5H5N.Ir/c1-4-13-14-9-8-11(2)19-17(14)20-16(13)12(3)15-7-5-6-10-18-15;2*1-2-4-6-5-3-1;/h3-10,13,16H,1H2,2H3;2*1-5H;/q2*-1;;/i2D3,5D,6D,7D,10D;;;. The first-order chi connectivity index (χ1) is 18.6. The number of aromatic nitrogens is 3. The van der Waals surface area contributed by atoms with Crippen LogP contribution in [0.1, 0.15) is 32.5 Å². The van der Waals surface area contributed by atoms with Crippen LogP contribution in [0.4, 0.5) is 0 Å². The smallest absolute Gasteiger partial charge is 0.218 e. The number of hydrogen-bond donors (Lipinski definition) is 0. The molecule has 1 aromatic carbocycles. The van der Waals surface area contributed by atoms with Crippen LogP contribution in [-0.2, 0) is 20.1 Å². The van der Waals surface area contributed by atoms with E-state index in [9.17, 15) is 0 Å². The van der Waals surface area contributed by atoms with Crippen molar-refractivity contribution in [3.8, 4) is 5.88 Å². The van der Waals surface area contributed by atoms with Gasteiger partial charge < -0.3 is 9.72 Å². The molecule has 33 heavy (non-hydrogen) atoms. The zero-order valence-corrected chi connectivity index (χ0v) is 19.9. The summed E-state index contributed by atoms with van der Waals surface area (Å²) in [5, 5.41) is 0. The van der Waals surface area contributed by atoms with Gasteiger partial charge in [-0.15, -0.1) is 12.6 Å². The molecule has 0 spiro atoms. The second kappa shape index (κ2) is 13.9. The van der Waals surface area contributed by atoms with E-state index >= 15 is 0 Å². The van der Waals surface area contributed by atoms with Crippen molar-refractivity contribution in [2.45, 2.75) is 18.9 Å². The Labute approximate surface area is 219 Å². The number of ether oxygens (including phenoxy) is 1. The van der Waals surface area contributed by atoms with Crippen LogP contribution in [0.5, 0.6) is 5.88 Å². The third-order valence-corrected chi connectivity index (χ3v) is 4.29. The van der Waals surface area contributed by atoms with E-state index in [1.54, 1.807) is 24.5 Å². The van der Waals surface area contributed by atoms with Gasteiger partial charge in [0.25, 0.3) is 0 Å². The first-order valence-corrected chi connectivity index (χ1v) is 9.70. The van der Waals surface area contributed by atoms with Crippen molar-refractivity contribution >= 4 is 5.57 Å². The van der Waals surface area contributed by atoms with E-state index in [0.717, 1.165) is 0 Å². The van der Waals surface area contributed by atoms with Crippen molar-refractivity contribution in [2.75, 3.05) is 0 Å². The Hall–Kier alpha value is -3.40. The molecule has 0 aliphatic carbocycles. The minimum absolute atomic E-state index is 0. The van der Waals surface area contributed by atoms with E-state index in [0.29, 0.717) is 5.56 Å². The Balaban J connectivity index is 0.000000353. The topological polar surface area (TPSA) is 47.9 Å². The van der Waals surface area contributed by atoms with E-state index in [1.165, 1.54) is 6.07 Å². The molecule has 1 radical (unpaired) electrons. The van der Waals surface area contributed by atoms with E-state index in [1.807, 2.05) is 48.5 Å². The van der Waals surface area contributed by atoms with Gasteiger partial charge >= 0.3 is 0 Å². The van der Waals surface area contributed by atoms with Gasteiger partial charge in [-0.1, -0.05) is 29.9 Å². The summed E-state index contributed by atoms with van der Waals surface area (Å²) in [4.78, 5) is 11.7. The van der Waals surface area contributed by atoms with Crippen LogP contribution in [0.15, 0.2) is 110 Å². The Kier molecular flexibility index (Phi) is 7.21. The minimum Gasteiger partial charge on any atom is -0.471 e. The van der Waals surface area contributed by atoms with Crippen molar-refractivity contribution in [3.05, 3.63) is 140 Å². The third-order valence-electron chi connectivity index (χ3n) is 4.29. The van der Waals surface area contributed by atoms with Gasteiger partial charge in [-0.25, -0.2) is 4.98 Å². The Morgan fingerprint density at radius 2 is 1.91 bits per heavy atom. The van der Waals surface area contributed by atoms with E-state index < -0.39 is 37.1 Å². The number of aryl methyl sites for hydroxylation is 1. The predicted molar refractivity (Wildman–Crippen MR) is 128 cm³/mol. The Morgan fingerprint density at radius 1 is 1.15 bits per heavy atom. The monoisotopic (exact) mass is 619 g/mol. The molecule has 2 unspecified atom stereocenters. The summed E-state index contributed by atoms with van der Waals surface area (Å²) in [5.74, 6) is -0.374. The van der Waals surface area contributed by atoms with E-state index in [2.05, 4.69) is 27.6 Å². The molecule has 0 N–H and O–H groups in total.